The van der Waals surface area contributed by atoms with Crippen LogP contribution in [0.3, 0.4) is 0 Å². The minimum Gasteiger partial charge on any atom is -0.466 e. The summed E-state index contributed by atoms with van der Waals surface area (Å²) >= 11 is 0. The van der Waals surface area contributed by atoms with Gasteiger partial charge in [-0.3, -0.25) is 9.59 Å². The maximum atomic E-state index is 12.5. The van der Waals surface area contributed by atoms with Crippen LogP contribution < -0.4 is 5.32 Å². The zero-order valence-electron chi connectivity index (χ0n) is 54.1. The minimum absolute atomic E-state index is 0.00541. The largest absolute Gasteiger partial charge is 0.466 e. The first-order valence-electron chi connectivity index (χ1n) is 36.3. The summed E-state index contributed by atoms with van der Waals surface area (Å²) in [5.41, 5.74) is 0. The molecule has 1 amide bonds. The Morgan fingerprint density at radius 1 is 0.338 bits per heavy atom. The van der Waals surface area contributed by atoms with Gasteiger partial charge in [0.1, 0.15) is 0 Å². The van der Waals surface area contributed by atoms with Crippen LogP contribution in [0, 0.1) is 0 Å². The average molecular weight is 1120 g/mol. The Hall–Kier alpha value is -1.92. The van der Waals surface area contributed by atoms with Gasteiger partial charge in [-0.1, -0.05) is 346 Å². The van der Waals surface area contributed by atoms with E-state index < -0.39 is 12.1 Å². The highest BCUT2D eigenvalue weighted by Gasteiger charge is 2.18. The standard InChI is InChI=1S/C74H141NO5/c1-3-5-7-9-11-13-15-16-17-18-19-20-28-31-34-37-40-43-47-50-54-58-62-66-72(77)71(70-76)75-73(78)67-63-59-55-51-48-44-41-38-35-32-29-26-24-22-21-23-25-27-30-33-36-39-42-45-49-53-57-61-65-69-80-74(79)68-64-60-56-52-46-14-12-10-8-6-4-2/h10,12,21,23,62,66,71-72,76-77H,3-9,11,13-20,22,24-61,63-65,67-70H2,1-2H3,(H,75,78)/b12-10-,23-21-,66-62+. The summed E-state index contributed by atoms with van der Waals surface area (Å²) in [5, 5.41) is 23.3. The fourth-order valence-corrected chi connectivity index (χ4v) is 11.3. The number of unbranched alkanes of at least 4 members (excludes halogenated alkanes) is 53. The molecule has 0 aliphatic carbocycles. The lowest BCUT2D eigenvalue weighted by Gasteiger charge is -2.20. The van der Waals surface area contributed by atoms with Crippen molar-refractivity contribution in [3.63, 3.8) is 0 Å². The summed E-state index contributed by atoms with van der Waals surface area (Å²) < 4.78 is 5.47. The van der Waals surface area contributed by atoms with E-state index in [4.69, 9.17) is 4.74 Å². The number of esters is 1. The van der Waals surface area contributed by atoms with Crippen molar-refractivity contribution in [3.8, 4) is 0 Å². The number of aliphatic hydroxyl groups is 2. The monoisotopic (exact) mass is 1120 g/mol. The smallest absolute Gasteiger partial charge is 0.305 e. The molecule has 0 saturated heterocycles. The number of hydrogen-bond donors (Lipinski definition) is 3. The summed E-state index contributed by atoms with van der Waals surface area (Å²) in [6, 6.07) is -0.629. The van der Waals surface area contributed by atoms with Crippen LogP contribution in [-0.4, -0.2) is 47.4 Å². The molecule has 0 aromatic rings. The summed E-state index contributed by atoms with van der Waals surface area (Å²) in [5.74, 6) is -0.0576. The van der Waals surface area contributed by atoms with Crippen LogP contribution in [0.25, 0.3) is 0 Å². The molecule has 80 heavy (non-hydrogen) atoms. The number of nitrogens with one attached hydrogen (secondary N) is 1. The van der Waals surface area contributed by atoms with Crippen molar-refractivity contribution in [2.24, 2.45) is 0 Å². The van der Waals surface area contributed by atoms with E-state index in [1.165, 1.54) is 327 Å². The van der Waals surface area contributed by atoms with E-state index in [-0.39, 0.29) is 18.5 Å². The second-order valence-electron chi connectivity index (χ2n) is 24.9. The van der Waals surface area contributed by atoms with Gasteiger partial charge < -0.3 is 20.3 Å². The van der Waals surface area contributed by atoms with Crippen molar-refractivity contribution < 1.29 is 24.5 Å². The topological polar surface area (TPSA) is 95.9 Å². The Balaban J connectivity index is 3.41. The maximum Gasteiger partial charge on any atom is 0.305 e. The number of allylic oxidation sites excluding steroid dienone is 5. The first kappa shape index (κ1) is 78.1. The number of carbonyl (C=O) groups is 2. The molecule has 6 nitrogen and oxygen atoms in total. The number of rotatable bonds is 68. The third kappa shape index (κ3) is 65.2. The Kier molecular flexibility index (Phi) is 67.9. The molecule has 0 bridgehead atoms. The average Bonchev–Trinajstić information content (AvgIpc) is 3.46. The number of carbonyl (C=O) groups excluding carboxylic acids is 2. The first-order valence-corrected chi connectivity index (χ1v) is 36.3. The van der Waals surface area contributed by atoms with E-state index in [1.807, 2.05) is 6.08 Å². The van der Waals surface area contributed by atoms with Gasteiger partial charge in [0.15, 0.2) is 0 Å². The molecule has 6 heteroatoms. The molecule has 472 valence electrons. The van der Waals surface area contributed by atoms with Gasteiger partial charge in [0.25, 0.3) is 0 Å². The molecule has 0 saturated carbocycles. The molecule has 0 fully saturated rings. The van der Waals surface area contributed by atoms with Crippen LogP contribution in [0.4, 0.5) is 0 Å². The van der Waals surface area contributed by atoms with Crippen molar-refractivity contribution in [1.29, 1.82) is 0 Å². The molecule has 0 radical (unpaired) electrons. The van der Waals surface area contributed by atoms with Crippen LogP contribution >= 0.6 is 0 Å². The van der Waals surface area contributed by atoms with Gasteiger partial charge in [-0.25, -0.2) is 0 Å². The van der Waals surface area contributed by atoms with Crippen LogP contribution in [0.1, 0.15) is 399 Å². The predicted molar refractivity (Wildman–Crippen MR) is 352 cm³/mol. The molecule has 3 N–H and O–H groups in total. The van der Waals surface area contributed by atoms with E-state index >= 15 is 0 Å². The van der Waals surface area contributed by atoms with Crippen molar-refractivity contribution >= 4 is 11.9 Å². The molecular weight excluding hydrogens is 983 g/mol. The lowest BCUT2D eigenvalue weighted by Crippen LogP contribution is -2.45. The predicted octanol–water partition coefficient (Wildman–Crippen LogP) is 23.5. The van der Waals surface area contributed by atoms with Crippen LogP contribution in [-0.2, 0) is 14.3 Å². The highest BCUT2D eigenvalue weighted by atomic mass is 16.5. The minimum atomic E-state index is -0.845. The number of amides is 1. The summed E-state index contributed by atoms with van der Waals surface area (Å²) in [4.78, 5) is 24.5. The Labute approximate surface area is 500 Å². The van der Waals surface area contributed by atoms with Gasteiger partial charge in [0.05, 0.1) is 25.4 Å². The summed E-state index contributed by atoms with van der Waals surface area (Å²) in [7, 11) is 0. The Morgan fingerprint density at radius 2 is 0.600 bits per heavy atom. The first-order chi connectivity index (χ1) is 39.5. The SMILES string of the molecule is CCCC/C=C\CCCCCCCC(=O)OCCCCCCCCCCCCCC/C=C\CCCCCCCCCCCCCCCC(=O)NC(CO)C(O)/C=C/CCCCCCCCCCCCCCCCCCCCCCC. The molecule has 0 aliphatic rings. The second kappa shape index (κ2) is 69.6. The Morgan fingerprint density at radius 3 is 0.925 bits per heavy atom. The fourth-order valence-electron chi connectivity index (χ4n) is 11.3. The zero-order chi connectivity index (χ0) is 57.8. The fraction of sp³-hybridized carbons (Fsp3) is 0.892. The number of aliphatic hydroxyl groups excluding tert-OH is 2. The highest BCUT2D eigenvalue weighted by molar-refractivity contribution is 5.76. The third-order valence-corrected chi connectivity index (χ3v) is 16.9. The van der Waals surface area contributed by atoms with Crippen LogP contribution in [0.5, 0.6) is 0 Å². The zero-order valence-corrected chi connectivity index (χ0v) is 54.1. The van der Waals surface area contributed by atoms with Crippen LogP contribution in [0.2, 0.25) is 0 Å². The molecule has 0 aromatic carbocycles. The number of hydrogen-bond acceptors (Lipinski definition) is 5. The lowest BCUT2D eigenvalue weighted by atomic mass is 10.0. The van der Waals surface area contributed by atoms with Gasteiger partial charge in [0, 0.05) is 12.8 Å². The normalized spacial score (nSPS) is 12.7. The number of ether oxygens (including phenoxy) is 1. The second-order valence-corrected chi connectivity index (χ2v) is 24.9. The quantitative estimate of drug-likeness (QED) is 0.0320. The van der Waals surface area contributed by atoms with Gasteiger partial charge in [-0.15, -0.1) is 0 Å². The van der Waals surface area contributed by atoms with E-state index in [0.717, 1.165) is 44.9 Å². The lowest BCUT2D eigenvalue weighted by molar-refractivity contribution is -0.143. The molecule has 0 aromatic heterocycles. The molecule has 0 heterocycles. The third-order valence-electron chi connectivity index (χ3n) is 16.9. The molecular formula is C74H141NO5. The maximum absolute atomic E-state index is 12.5. The van der Waals surface area contributed by atoms with Gasteiger partial charge in [0.2, 0.25) is 5.91 Å². The van der Waals surface area contributed by atoms with Crippen LogP contribution in [0.15, 0.2) is 36.5 Å². The molecule has 0 spiro atoms. The Bertz CT molecular complexity index is 1300. The van der Waals surface area contributed by atoms with Crippen molar-refractivity contribution in [3.05, 3.63) is 36.5 Å². The summed E-state index contributed by atoms with van der Waals surface area (Å²) in [6.07, 6.45) is 89.5. The molecule has 0 rings (SSSR count). The van der Waals surface area contributed by atoms with Gasteiger partial charge in [-0.2, -0.15) is 0 Å². The van der Waals surface area contributed by atoms with Crippen molar-refractivity contribution in [1.82, 2.24) is 5.32 Å². The van der Waals surface area contributed by atoms with Gasteiger partial charge in [-0.05, 0) is 77.0 Å². The van der Waals surface area contributed by atoms with Gasteiger partial charge >= 0.3 is 5.97 Å². The molecule has 2 atom stereocenters. The highest BCUT2D eigenvalue weighted by Crippen LogP contribution is 2.19. The molecule has 0 aliphatic heterocycles. The van der Waals surface area contributed by atoms with E-state index in [1.54, 1.807) is 6.08 Å². The van der Waals surface area contributed by atoms with Crippen molar-refractivity contribution in [2.45, 2.75) is 411 Å². The van der Waals surface area contributed by atoms with E-state index in [2.05, 4.69) is 43.5 Å². The van der Waals surface area contributed by atoms with E-state index in [9.17, 15) is 19.8 Å². The molecule has 2 unspecified atom stereocenters. The summed E-state index contributed by atoms with van der Waals surface area (Å²) in [6.45, 7) is 4.90. The van der Waals surface area contributed by atoms with Crippen molar-refractivity contribution in [2.75, 3.05) is 13.2 Å². The van der Waals surface area contributed by atoms with E-state index in [0.29, 0.717) is 19.4 Å².